The molecule has 0 rings (SSSR count). The molecule has 96 valence electrons. The van der Waals surface area contributed by atoms with Gasteiger partial charge in [0.1, 0.15) is 6.61 Å². The Morgan fingerprint density at radius 1 is 1.12 bits per heavy atom. The number of rotatable bonds is 11. The van der Waals surface area contributed by atoms with Gasteiger partial charge < -0.3 is 9.29 Å². The fraction of sp³-hybridized carbons (Fsp3) is 0.917. The van der Waals surface area contributed by atoms with Crippen LogP contribution in [0.3, 0.4) is 0 Å². The van der Waals surface area contributed by atoms with Crippen molar-refractivity contribution in [2.75, 3.05) is 12.4 Å². The number of unbranched alkanes of at least 4 members (excludes halogenated alkanes) is 6. The second-order valence-electron chi connectivity index (χ2n) is 3.93. The van der Waals surface area contributed by atoms with E-state index in [4.69, 9.17) is 9.29 Å². The fourth-order valence-corrected chi connectivity index (χ4v) is 1.65. The van der Waals surface area contributed by atoms with Crippen LogP contribution in [0.25, 0.3) is 0 Å². The Hall–Kier alpha value is -0.220. The minimum atomic E-state index is -0.136. The summed E-state index contributed by atoms with van der Waals surface area (Å²) in [4.78, 5) is 11.1. The fourth-order valence-electron chi connectivity index (χ4n) is 1.49. The zero-order chi connectivity index (χ0) is 12.1. The highest BCUT2D eigenvalue weighted by atomic mass is 32.2. The minimum absolute atomic E-state index is 0.136. The maximum Gasteiger partial charge on any atom is 0.305 e. The monoisotopic (exact) mass is 248 g/mol. The van der Waals surface area contributed by atoms with Gasteiger partial charge in [-0.05, 0) is 18.5 Å². The molecule has 0 aromatic heterocycles. The Morgan fingerprint density at radius 2 is 1.75 bits per heavy atom. The van der Waals surface area contributed by atoms with Crippen LogP contribution in [0.15, 0.2) is 0 Å². The quantitative estimate of drug-likeness (QED) is 0.342. The SMILES string of the molecule is CCCCCCCCCC(=O)OCCSO. The van der Waals surface area contributed by atoms with E-state index >= 15 is 0 Å². The molecule has 16 heavy (non-hydrogen) atoms. The summed E-state index contributed by atoms with van der Waals surface area (Å²) in [5.74, 6) is 0.325. The Kier molecular flexibility index (Phi) is 12.7. The van der Waals surface area contributed by atoms with Crippen molar-refractivity contribution in [3.05, 3.63) is 0 Å². The number of esters is 1. The van der Waals surface area contributed by atoms with Crippen molar-refractivity contribution in [2.45, 2.75) is 58.3 Å². The van der Waals surface area contributed by atoms with E-state index in [0.29, 0.717) is 30.8 Å². The van der Waals surface area contributed by atoms with Crippen LogP contribution in [-0.2, 0) is 9.53 Å². The van der Waals surface area contributed by atoms with Crippen molar-refractivity contribution in [3.63, 3.8) is 0 Å². The zero-order valence-electron chi connectivity index (χ0n) is 10.2. The molecule has 0 aromatic rings. The lowest BCUT2D eigenvalue weighted by Crippen LogP contribution is -2.06. The van der Waals surface area contributed by atoms with Crippen molar-refractivity contribution in [1.82, 2.24) is 0 Å². The molecule has 0 amide bonds. The van der Waals surface area contributed by atoms with Gasteiger partial charge in [-0.3, -0.25) is 4.79 Å². The summed E-state index contributed by atoms with van der Waals surface area (Å²) in [6.45, 7) is 2.52. The molecule has 0 unspecified atom stereocenters. The second kappa shape index (κ2) is 12.8. The molecule has 0 spiro atoms. The third-order valence-corrected chi connectivity index (χ3v) is 2.77. The smallest absolute Gasteiger partial charge is 0.305 e. The third kappa shape index (κ3) is 11.9. The summed E-state index contributed by atoms with van der Waals surface area (Å²) in [6, 6.07) is 0. The van der Waals surface area contributed by atoms with Gasteiger partial charge in [-0.2, -0.15) is 0 Å². The summed E-state index contributed by atoms with van der Waals surface area (Å²) < 4.78 is 13.3. The van der Waals surface area contributed by atoms with Gasteiger partial charge >= 0.3 is 5.97 Å². The number of ether oxygens (including phenoxy) is 1. The molecular weight excluding hydrogens is 224 g/mol. The molecule has 0 saturated carbocycles. The van der Waals surface area contributed by atoms with E-state index in [1.807, 2.05) is 0 Å². The molecule has 0 aromatic carbocycles. The van der Waals surface area contributed by atoms with E-state index < -0.39 is 0 Å². The summed E-state index contributed by atoms with van der Waals surface area (Å²) in [5.41, 5.74) is 0. The van der Waals surface area contributed by atoms with Crippen LogP contribution in [0.2, 0.25) is 0 Å². The van der Waals surface area contributed by atoms with E-state index in [1.165, 1.54) is 32.1 Å². The van der Waals surface area contributed by atoms with Gasteiger partial charge in [0, 0.05) is 6.42 Å². The molecule has 0 aliphatic carbocycles. The Labute approximate surface area is 103 Å². The van der Waals surface area contributed by atoms with Gasteiger partial charge in [0.25, 0.3) is 0 Å². The van der Waals surface area contributed by atoms with Crippen molar-refractivity contribution < 1.29 is 14.1 Å². The van der Waals surface area contributed by atoms with Crippen LogP contribution in [0.5, 0.6) is 0 Å². The Balaban J connectivity index is 3.09. The van der Waals surface area contributed by atoms with Gasteiger partial charge in [-0.25, -0.2) is 0 Å². The summed E-state index contributed by atoms with van der Waals surface area (Å²) in [7, 11) is 0. The topological polar surface area (TPSA) is 46.5 Å². The van der Waals surface area contributed by atoms with Crippen LogP contribution in [0.1, 0.15) is 58.3 Å². The lowest BCUT2D eigenvalue weighted by Gasteiger charge is -2.03. The summed E-state index contributed by atoms with van der Waals surface area (Å²) >= 11 is 0.706. The standard InChI is InChI=1S/C12H24O3S/c1-2-3-4-5-6-7-8-9-12(13)15-10-11-16-14/h14H,2-11H2,1H3. The van der Waals surface area contributed by atoms with Crippen molar-refractivity contribution in [1.29, 1.82) is 0 Å². The highest BCUT2D eigenvalue weighted by Crippen LogP contribution is 2.08. The number of hydrogen-bond acceptors (Lipinski definition) is 4. The van der Waals surface area contributed by atoms with Gasteiger partial charge in [-0.1, -0.05) is 45.4 Å². The van der Waals surface area contributed by atoms with Crippen molar-refractivity contribution >= 4 is 18.0 Å². The zero-order valence-corrected chi connectivity index (χ0v) is 11.1. The molecule has 0 atom stereocenters. The van der Waals surface area contributed by atoms with E-state index in [0.717, 1.165) is 12.8 Å². The highest BCUT2D eigenvalue weighted by molar-refractivity contribution is 7.93. The van der Waals surface area contributed by atoms with Crippen molar-refractivity contribution in [3.8, 4) is 0 Å². The molecule has 0 radical (unpaired) electrons. The maximum absolute atomic E-state index is 11.1. The first-order valence-electron chi connectivity index (χ1n) is 6.23. The number of carbonyl (C=O) groups is 1. The molecule has 0 heterocycles. The molecule has 1 N–H and O–H groups in total. The predicted octanol–water partition coefficient (Wildman–Crippen LogP) is 3.88. The molecule has 0 bridgehead atoms. The summed E-state index contributed by atoms with van der Waals surface area (Å²) in [5, 5.41) is 0. The van der Waals surface area contributed by atoms with Gasteiger partial charge in [0.15, 0.2) is 0 Å². The largest absolute Gasteiger partial charge is 0.465 e. The van der Waals surface area contributed by atoms with Crippen LogP contribution in [0, 0.1) is 0 Å². The minimum Gasteiger partial charge on any atom is -0.465 e. The Morgan fingerprint density at radius 3 is 2.38 bits per heavy atom. The lowest BCUT2D eigenvalue weighted by atomic mass is 10.1. The third-order valence-electron chi connectivity index (χ3n) is 2.42. The first kappa shape index (κ1) is 15.8. The molecule has 0 aliphatic rings. The normalized spacial score (nSPS) is 10.4. The average Bonchev–Trinajstić information content (AvgIpc) is 2.28. The van der Waals surface area contributed by atoms with Crippen LogP contribution < -0.4 is 0 Å². The van der Waals surface area contributed by atoms with Crippen LogP contribution in [0.4, 0.5) is 0 Å². The van der Waals surface area contributed by atoms with E-state index in [1.54, 1.807) is 0 Å². The van der Waals surface area contributed by atoms with Crippen LogP contribution >= 0.6 is 12.0 Å². The van der Waals surface area contributed by atoms with Gasteiger partial charge in [0.05, 0.1) is 5.75 Å². The van der Waals surface area contributed by atoms with E-state index in [-0.39, 0.29) is 5.97 Å². The Bertz CT molecular complexity index is 162. The van der Waals surface area contributed by atoms with E-state index in [2.05, 4.69) is 6.92 Å². The molecule has 3 nitrogen and oxygen atoms in total. The molecule has 4 heteroatoms. The highest BCUT2D eigenvalue weighted by Gasteiger charge is 2.01. The second-order valence-corrected chi connectivity index (χ2v) is 4.59. The number of hydrogen-bond donors (Lipinski definition) is 1. The maximum atomic E-state index is 11.1. The van der Waals surface area contributed by atoms with Crippen LogP contribution in [-0.4, -0.2) is 22.9 Å². The van der Waals surface area contributed by atoms with E-state index in [9.17, 15) is 4.79 Å². The first-order valence-corrected chi connectivity index (χ1v) is 7.17. The lowest BCUT2D eigenvalue weighted by molar-refractivity contribution is -0.143. The van der Waals surface area contributed by atoms with Gasteiger partial charge in [0.2, 0.25) is 0 Å². The first-order chi connectivity index (χ1) is 7.81. The molecule has 0 aliphatic heterocycles. The number of carbonyl (C=O) groups excluding carboxylic acids is 1. The molecular formula is C12H24O3S. The predicted molar refractivity (Wildman–Crippen MR) is 68.7 cm³/mol. The van der Waals surface area contributed by atoms with Crippen molar-refractivity contribution in [2.24, 2.45) is 0 Å². The average molecular weight is 248 g/mol. The molecule has 0 saturated heterocycles. The summed E-state index contributed by atoms with van der Waals surface area (Å²) in [6.07, 6.45) is 8.98. The van der Waals surface area contributed by atoms with Gasteiger partial charge in [-0.15, -0.1) is 0 Å². The molecule has 0 fully saturated rings.